The number of carbonyl (C=O) groups is 1. The number of carbonyl (C=O) groups excluding carboxylic acids is 1. The van der Waals surface area contributed by atoms with Crippen molar-refractivity contribution in [3.63, 3.8) is 0 Å². The van der Waals surface area contributed by atoms with E-state index in [1.807, 2.05) is 18.2 Å². The second-order valence-electron chi connectivity index (χ2n) is 5.28. The van der Waals surface area contributed by atoms with Crippen molar-refractivity contribution in [3.05, 3.63) is 80.8 Å². The molecule has 1 amide bonds. The predicted molar refractivity (Wildman–Crippen MR) is 96.6 cm³/mol. The van der Waals surface area contributed by atoms with Crippen molar-refractivity contribution in [2.45, 2.75) is 0 Å². The van der Waals surface area contributed by atoms with Crippen LogP contribution in [0, 0.1) is 15.9 Å². The Morgan fingerprint density at radius 2 is 1.88 bits per heavy atom. The van der Waals surface area contributed by atoms with Gasteiger partial charge in [0.15, 0.2) is 5.75 Å². The molecular weight excluding hydrogens is 359 g/mol. The van der Waals surface area contributed by atoms with E-state index in [4.69, 9.17) is 4.74 Å². The zero-order valence-electron chi connectivity index (χ0n) is 13.6. The van der Waals surface area contributed by atoms with Gasteiger partial charge in [0.25, 0.3) is 5.91 Å². The van der Waals surface area contributed by atoms with Crippen molar-refractivity contribution in [2.75, 3.05) is 11.9 Å². The molecule has 6 nitrogen and oxygen atoms in total. The van der Waals surface area contributed by atoms with Crippen LogP contribution in [0.2, 0.25) is 0 Å². The van der Waals surface area contributed by atoms with E-state index in [2.05, 4.69) is 0 Å². The molecule has 26 heavy (non-hydrogen) atoms. The number of nitrogens with zero attached hydrogens (tertiary/aromatic N) is 2. The van der Waals surface area contributed by atoms with Crippen molar-refractivity contribution in [1.82, 2.24) is 0 Å². The molecule has 8 heteroatoms. The van der Waals surface area contributed by atoms with E-state index in [0.717, 1.165) is 23.5 Å². The summed E-state index contributed by atoms with van der Waals surface area (Å²) < 4.78 is 18.8. The number of hydrogen-bond donors (Lipinski definition) is 0. The zero-order valence-corrected chi connectivity index (χ0v) is 14.4. The second kappa shape index (κ2) is 7.32. The van der Waals surface area contributed by atoms with Crippen molar-refractivity contribution in [2.24, 2.45) is 0 Å². The molecule has 0 aliphatic rings. The third-order valence-corrected chi connectivity index (χ3v) is 4.49. The monoisotopic (exact) mass is 372 g/mol. The molecule has 0 N–H and O–H groups in total. The number of anilines is 1. The summed E-state index contributed by atoms with van der Waals surface area (Å²) in [5, 5.41) is 12.8. The van der Waals surface area contributed by atoms with Gasteiger partial charge in [-0.3, -0.25) is 14.9 Å². The van der Waals surface area contributed by atoms with Crippen molar-refractivity contribution in [1.29, 1.82) is 0 Å². The first kappa shape index (κ1) is 17.6. The number of para-hydroxylation sites is 1. The SMILES string of the molecule is CN(C(=O)c1sccc1Oc1ccc(F)cc1[N+](=O)[O-])c1ccccc1. The Morgan fingerprint density at radius 1 is 1.15 bits per heavy atom. The number of rotatable bonds is 5. The van der Waals surface area contributed by atoms with Crippen LogP contribution in [0.1, 0.15) is 9.67 Å². The summed E-state index contributed by atoms with van der Waals surface area (Å²) >= 11 is 1.16. The lowest BCUT2D eigenvalue weighted by molar-refractivity contribution is -0.385. The Balaban J connectivity index is 1.90. The van der Waals surface area contributed by atoms with Crippen LogP contribution in [0.5, 0.6) is 11.5 Å². The van der Waals surface area contributed by atoms with Crippen LogP contribution in [-0.4, -0.2) is 17.9 Å². The lowest BCUT2D eigenvalue weighted by Gasteiger charge is -2.17. The van der Waals surface area contributed by atoms with Crippen molar-refractivity contribution < 1.29 is 18.8 Å². The van der Waals surface area contributed by atoms with E-state index in [0.29, 0.717) is 5.69 Å². The minimum absolute atomic E-state index is 0.133. The molecule has 0 unspecified atom stereocenters. The quantitative estimate of drug-likeness (QED) is 0.473. The molecule has 0 atom stereocenters. The molecule has 0 saturated heterocycles. The standard InChI is InChI=1S/C18H13FN2O4S/c1-20(13-5-3-2-4-6-13)18(22)17-16(9-10-26-17)25-15-8-7-12(19)11-14(15)21(23)24/h2-11H,1H3. The molecule has 0 aliphatic carbocycles. The van der Waals surface area contributed by atoms with Gasteiger partial charge in [-0.25, -0.2) is 4.39 Å². The Labute approximate surface area is 152 Å². The number of nitro benzene ring substituents is 1. The highest BCUT2D eigenvalue weighted by Gasteiger charge is 2.23. The molecule has 1 aromatic heterocycles. The maximum Gasteiger partial charge on any atom is 0.314 e. The average molecular weight is 372 g/mol. The topological polar surface area (TPSA) is 72.7 Å². The van der Waals surface area contributed by atoms with Gasteiger partial charge in [-0.1, -0.05) is 18.2 Å². The predicted octanol–water partition coefficient (Wildman–Crippen LogP) is 4.86. The first-order valence-corrected chi connectivity index (χ1v) is 8.37. The highest BCUT2D eigenvalue weighted by Crippen LogP contribution is 2.36. The molecule has 0 saturated carbocycles. The maximum absolute atomic E-state index is 13.3. The van der Waals surface area contributed by atoms with Gasteiger partial charge in [0.05, 0.1) is 11.0 Å². The number of halogens is 1. The maximum atomic E-state index is 13.3. The smallest absolute Gasteiger partial charge is 0.314 e. The van der Waals surface area contributed by atoms with E-state index in [1.54, 1.807) is 30.6 Å². The Morgan fingerprint density at radius 3 is 2.58 bits per heavy atom. The first-order valence-electron chi connectivity index (χ1n) is 7.50. The molecule has 132 valence electrons. The summed E-state index contributed by atoms with van der Waals surface area (Å²) in [5.74, 6) is -1.01. The van der Waals surface area contributed by atoms with Gasteiger partial charge >= 0.3 is 5.69 Å². The summed E-state index contributed by atoms with van der Waals surface area (Å²) in [4.78, 5) is 24.9. The molecule has 3 rings (SSSR count). The molecular formula is C18H13FN2O4S. The largest absolute Gasteiger partial charge is 0.448 e. The highest BCUT2D eigenvalue weighted by atomic mass is 32.1. The number of thiophene rings is 1. The van der Waals surface area contributed by atoms with Crippen LogP contribution in [0.15, 0.2) is 60.0 Å². The first-order chi connectivity index (χ1) is 12.5. The molecule has 1 heterocycles. The van der Waals surface area contributed by atoms with Gasteiger partial charge in [-0.15, -0.1) is 11.3 Å². The number of hydrogen-bond acceptors (Lipinski definition) is 5. The van der Waals surface area contributed by atoms with E-state index in [-0.39, 0.29) is 22.3 Å². The van der Waals surface area contributed by atoms with Gasteiger partial charge in [-0.2, -0.15) is 0 Å². The highest BCUT2D eigenvalue weighted by molar-refractivity contribution is 7.12. The minimum atomic E-state index is -0.741. The fourth-order valence-corrected chi connectivity index (χ4v) is 3.08. The van der Waals surface area contributed by atoms with E-state index in [1.165, 1.54) is 11.0 Å². The number of ether oxygens (including phenoxy) is 1. The van der Waals surface area contributed by atoms with Crippen LogP contribution in [0.4, 0.5) is 15.8 Å². The molecule has 2 aromatic carbocycles. The van der Waals surface area contributed by atoms with Crippen molar-refractivity contribution >= 4 is 28.6 Å². The van der Waals surface area contributed by atoms with Gasteiger partial charge in [0, 0.05) is 12.7 Å². The van der Waals surface area contributed by atoms with Crippen molar-refractivity contribution in [3.8, 4) is 11.5 Å². The summed E-state index contributed by atoms with van der Waals surface area (Å²) in [6, 6.07) is 13.6. The van der Waals surface area contributed by atoms with E-state index < -0.39 is 16.4 Å². The fraction of sp³-hybridized carbons (Fsp3) is 0.0556. The normalized spacial score (nSPS) is 10.4. The molecule has 0 spiro atoms. The minimum Gasteiger partial charge on any atom is -0.448 e. The zero-order chi connectivity index (χ0) is 18.7. The van der Waals surface area contributed by atoms with E-state index in [9.17, 15) is 19.3 Å². The molecule has 0 radical (unpaired) electrons. The van der Waals surface area contributed by atoms with Crippen LogP contribution in [0.3, 0.4) is 0 Å². The lowest BCUT2D eigenvalue weighted by Crippen LogP contribution is -2.25. The Hall–Kier alpha value is -3.26. The summed E-state index contributed by atoms with van der Waals surface area (Å²) in [5.41, 5.74) is 0.190. The van der Waals surface area contributed by atoms with Gasteiger partial charge in [0.2, 0.25) is 5.75 Å². The van der Waals surface area contributed by atoms with Gasteiger partial charge < -0.3 is 9.64 Å². The third-order valence-electron chi connectivity index (χ3n) is 3.61. The summed E-state index contributed by atoms with van der Waals surface area (Å²) in [6.07, 6.45) is 0. The third kappa shape index (κ3) is 3.55. The van der Waals surface area contributed by atoms with Crippen LogP contribution >= 0.6 is 11.3 Å². The van der Waals surface area contributed by atoms with E-state index >= 15 is 0 Å². The van der Waals surface area contributed by atoms with Crippen LogP contribution in [-0.2, 0) is 0 Å². The van der Waals surface area contributed by atoms with Gasteiger partial charge in [-0.05, 0) is 35.7 Å². The fourth-order valence-electron chi connectivity index (χ4n) is 2.29. The molecule has 0 fully saturated rings. The molecule has 0 aliphatic heterocycles. The van der Waals surface area contributed by atoms with Gasteiger partial charge in [0.1, 0.15) is 10.7 Å². The van der Waals surface area contributed by atoms with Crippen LogP contribution < -0.4 is 9.64 Å². The summed E-state index contributed by atoms with van der Waals surface area (Å²) in [7, 11) is 1.63. The average Bonchev–Trinajstić information content (AvgIpc) is 3.10. The lowest BCUT2D eigenvalue weighted by atomic mass is 10.2. The number of nitro groups is 1. The summed E-state index contributed by atoms with van der Waals surface area (Å²) in [6.45, 7) is 0. The number of amides is 1. The van der Waals surface area contributed by atoms with Crippen LogP contribution in [0.25, 0.3) is 0 Å². The second-order valence-corrected chi connectivity index (χ2v) is 6.20. The Kier molecular flexibility index (Phi) is 4.94. The molecule has 3 aromatic rings. The molecule has 0 bridgehead atoms. The number of benzene rings is 2. The Bertz CT molecular complexity index is 959.